The number of nitrogens with zero attached hydrogens (tertiary/aromatic N) is 1. The fourth-order valence-electron chi connectivity index (χ4n) is 4.43. The lowest BCUT2D eigenvalue weighted by Gasteiger charge is -2.27. The van der Waals surface area contributed by atoms with Gasteiger partial charge in [-0.2, -0.15) is 0 Å². The van der Waals surface area contributed by atoms with Crippen molar-refractivity contribution in [2.45, 2.75) is 6.92 Å². The first-order valence-corrected chi connectivity index (χ1v) is 11.3. The van der Waals surface area contributed by atoms with E-state index >= 15 is 0 Å². The van der Waals surface area contributed by atoms with Gasteiger partial charge in [-0.05, 0) is 24.6 Å². The van der Waals surface area contributed by atoms with Gasteiger partial charge in [0.25, 0.3) is 0 Å². The molecular formula is C26H21NO3S. The van der Waals surface area contributed by atoms with Gasteiger partial charge in [-0.25, -0.2) is 0 Å². The fraction of sp³-hybridized carbons (Fsp3) is 0.192. The summed E-state index contributed by atoms with van der Waals surface area (Å²) in [6.07, 6.45) is 0. The van der Waals surface area contributed by atoms with E-state index in [4.69, 9.17) is 9.15 Å². The van der Waals surface area contributed by atoms with Crippen molar-refractivity contribution < 1.29 is 9.15 Å². The van der Waals surface area contributed by atoms with Gasteiger partial charge >= 0.3 is 0 Å². The quantitative estimate of drug-likeness (QED) is 0.348. The summed E-state index contributed by atoms with van der Waals surface area (Å²) in [7, 11) is 0. The minimum atomic E-state index is -0.0104. The minimum absolute atomic E-state index is 0.0104. The van der Waals surface area contributed by atoms with E-state index in [-0.39, 0.29) is 5.43 Å². The van der Waals surface area contributed by atoms with Crippen molar-refractivity contribution in [3.63, 3.8) is 0 Å². The van der Waals surface area contributed by atoms with Crippen molar-refractivity contribution in [2.75, 3.05) is 31.2 Å². The zero-order valence-electron chi connectivity index (χ0n) is 17.2. The smallest absolute Gasteiger partial charge is 0.200 e. The molecule has 3 heterocycles. The molecule has 6 rings (SSSR count). The van der Waals surface area contributed by atoms with Crippen molar-refractivity contribution in [1.82, 2.24) is 0 Å². The molecule has 1 fully saturated rings. The van der Waals surface area contributed by atoms with Gasteiger partial charge in [-0.1, -0.05) is 42.5 Å². The second-order valence-corrected chi connectivity index (χ2v) is 9.07. The number of rotatable bonds is 2. The van der Waals surface area contributed by atoms with E-state index in [0.717, 1.165) is 24.2 Å². The Bertz CT molecular complexity index is 1510. The Morgan fingerprint density at radius 2 is 1.65 bits per heavy atom. The summed E-state index contributed by atoms with van der Waals surface area (Å²) in [5.41, 5.74) is 3.95. The molecule has 3 aromatic carbocycles. The number of morpholine rings is 1. The fourth-order valence-corrected chi connectivity index (χ4v) is 5.76. The van der Waals surface area contributed by atoms with Crippen LogP contribution in [0.25, 0.3) is 42.3 Å². The molecule has 0 amide bonds. The van der Waals surface area contributed by atoms with Crippen molar-refractivity contribution in [2.24, 2.45) is 0 Å². The topological polar surface area (TPSA) is 42.7 Å². The zero-order valence-corrected chi connectivity index (χ0v) is 18.0. The van der Waals surface area contributed by atoms with Crippen molar-refractivity contribution in [1.29, 1.82) is 0 Å². The predicted octanol–water partition coefficient (Wildman–Crippen LogP) is 5.97. The Labute approximate surface area is 183 Å². The molecule has 31 heavy (non-hydrogen) atoms. The van der Waals surface area contributed by atoms with Gasteiger partial charge in [0, 0.05) is 50.5 Å². The van der Waals surface area contributed by atoms with Gasteiger partial charge in [0.2, 0.25) is 0 Å². The second-order valence-electron chi connectivity index (χ2n) is 8.01. The van der Waals surface area contributed by atoms with Gasteiger partial charge in [0.15, 0.2) is 11.3 Å². The first kappa shape index (κ1) is 18.6. The summed E-state index contributed by atoms with van der Waals surface area (Å²) in [6.45, 7) is 4.86. The van der Waals surface area contributed by atoms with Gasteiger partial charge in [0.1, 0.15) is 5.58 Å². The minimum Gasteiger partial charge on any atom is -0.440 e. The summed E-state index contributed by atoms with van der Waals surface area (Å²) in [6, 6.07) is 20.4. The maximum atomic E-state index is 13.0. The normalized spacial score (nSPS) is 14.7. The third-order valence-electron chi connectivity index (χ3n) is 6.01. The Morgan fingerprint density at radius 1 is 0.871 bits per heavy atom. The Hall–Kier alpha value is -3.15. The number of ether oxygens (including phenoxy) is 1. The Balaban J connectivity index is 1.62. The molecule has 0 aliphatic carbocycles. The van der Waals surface area contributed by atoms with Gasteiger partial charge in [0.05, 0.1) is 18.6 Å². The zero-order chi connectivity index (χ0) is 20.9. The average Bonchev–Trinajstić information content (AvgIpc) is 3.17. The number of anilines is 1. The van der Waals surface area contributed by atoms with E-state index in [1.807, 2.05) is 12.1 Å². The van der Waals surface area contributed by atoms with Crippen LogP contribution in [0.5, 0.6) is 0 Å². The van der Waals surface area contributed by atoms with Crippen LogP contribution in [-0.4, -0.2) is 26.3 Å². The van der Waals surface area contributed by atoms with E-state index in [1.54, 1.807) is 17.4 Å². The first-order chi connectivity index (χ1) is 15.2. The highest BCUT2D eigenvalue weighted by atomic mass is 32.1. The lowest BCUT2D eigenvalue weighted by Crippen LogP contribution is -2.36. The number of para-hydroxylation sites is 1. The lowest BCUT2D eigenvalue weighted by molar-refractivity contribution is 0.121. The Morgan fingerprint density at radius 3 is 2.48 bits per heavy atom. The van der Waals surface area contributed by atoms with Crippen LogP contribution < -0.4 is 10.3 Å². The number of thiophene rings is 1. The molecule has 4 nitrogen and oxygen atoms in total. The second kappa shape index (κ2) is 7.22. The molecule has 0 radical (unpaired) electrons. The number of benzene rings is 3. The molecule has 1 aliphatic heterocycles. The molecule has 2 aromatic heterocycles. The van der Waals surface area contributed by atoms with Crippen molar-refractivity contribution >= 4 is 48.4 Å². The van der Waals surface area contributed by atoms with E-state index < -0.39 is 0 Å². The van der Waals surface area contributed by atoms with Crippen LogP contribution in [0.1, 0.15) is 5.56 Å². The van der Waals surface area contributed by atoms with Crippen LogP contribution in [0.4, 0.5) is 5.88 Å². The third-order valence-corrected chi connectivity index (χ3v) is 7.21. The van der Waals surface area contributed by atoms with Crippen LogP contribution in [0.2, 0.25) is 0 Å². The van der Waals surface area contributed by atoms with Gasteiger partial charge in [-0.15, -0.1) is 11.3 Å². The molecule has 1 aliphatic rings. The largest absolute Gasteiger partial charge is 0.440 e. The molecule has 0 bridgehead atoms. The van der Waals surface area contributed by atoms with Crippen LogP contribution in [0.3, 0.4) is 0 Å². The lowest BCUT2D eigenvalue weighted by atomic mass is 10.0. The molecule has 5 aromatic rings. The maximum Gasteiger partial charge on any atom is 0.200 e. The molecule has 0 N–H and O–H groups in total. The highest BCUT2D eigenvalue weighted by Gasteiger charge is 2.19. The number of hydrogen-bond acceptors (Lipinski definition) is 5. The van der Waals surface area contributed by atoms with Crippen molar-refractivity contribution in [3.05, 3.63) is 76.5 Å². The summed E-state index contributed by atoms with van der Waals surface area (Å²) in [5.74, 6) is 0.618. The maximum absolute atomic E-state index is 13.0. The van der Waals surface area contributed by atoms with Crippen LogP contribution in [0.15, 0.2) is 69.9 Å². The molecule has 5 heteroatoms. The average molecular weight is 428 g/mol. The van der Waals surface area contributed by atoms with Gasteiger partial charge in [-0.3, -0.25) is 4.79 Å². The summed E-state index contributed by atoms with van der Waals surface area (Å²) in [5, 5.41) is 3.12. The Kier molecular flexibility index (Phi) is 4.33. The standard InChI is InChI=1S/C26H21NO3S/c1-16-8-9-17-19-5-3-6-20(26(19)31-23(17)14-16)18-4-2-7-21-22(28)15-24(30-25(18)21)27-10-12-29-13-11-27/h2-9,14-15H,10-13H2,1H3. The highest BCUT2D eigenvalue weighted by molar-refractivity contribution is 7.26. The molecule has 1 saturated heterocycles. The third kappa shape index (κ3) is 3.04. The van der Waals surface area contributed by atoms with Crippen LogP contribution in [0, 0.1) is 6.92 Å². The van der Waals surface area contributed by atoms with Crippen LogP contribution >= 0.6 is 11.3 Å². The van der Waals surface area contributed by atoms with Gasteiger partial charge < -0.3 is 14.1 Å². The summed E-state index contributed by atoms with van der Waals surface area (Å²) < 4.78 is 14.3. The number of fused-ring (bicyclic) bond motifs is 4. The van der Waals surface area contributed by atoms with E-state index in [2.05, 4.69) is 54.3 Å². The monoisotopic (exact) mass is 427 g/mol. The molecule has 0 saturated carbocycles. The van der Waals surface area contributed by atoms with Crippen LogP contribution in [-0.2, 0) is 4.74 Å². The summed E-state index contributed by atoms with van der Waals surface area (Å²) >= 11 is 1.80. The highest BCUT2D eigenvalue weighted by Crippen LogP contribution is 2.42. The molecule has 154 valence electrons. The number of hydrogen-bond donors (Lipinski definition) is 0. The van der Waals surface area contributed by atoms with E-state index in [1.165, 1.54) is 25.7 Å². The molecular weight excluding hydrogens is 406 g/mol. The first-order valence-electron chi connectivity index (χ1n) is 10.5. The predicted molar refractivity (Wildman–Crippen MR) is 129 cm³/mol. The van der Waals surface area contributed by atoms with E-state index in [9.17, 15) is 4.79 Å². The molecule has 0 unspecified atom stereocenters. The summed E-state index contributed by atoms with van der Waals surface area (Å²) in [4.78, 5) is 15.0. The molecule has 0 spiro atoms. The SMILES string of the molecule is Cc1ccc2c(c1)sc1c(-c3cccc4c(=O)cc(N5CCOCC5)oc34)cccc12. The molecule has 0 atom stereocenters. The number of aryl methyl sites for hydroxylation is 1. The van der Waals surface area contributed by atoms with E-state index in [0.29, 0.717) is 30.1 Å². The van der Waals surface area contributed by atoms with Crippen molar-refractivity contribution in [3.8, 4) is 11.1 Å².